The van der Waals surface area contributed by atoms with Gasteiger partial charge in [-0.1, -0.05) is 18.2 Å². The van der Waals surface area contributed by atoms with Crippen molar-refractivity contribution in [1.82, 2.24) is 10.9 Å². The zero-order valence-electron chi connectivity index (χ0n) is 14.1. The molecule has 2 N–H and O–H groups in total. The SMILES string of the molecule is O=C(NN[C@H]1CC(=O)N(c2cccc(C(F)(F)F)c2)C1=O)c1ccccc1Br. The minimum atomic E-state index is -4.60. The summed E-state index contributed by atoms with van der Waals surface area (Å²) in [7, 11) is 0. The van der Waals surface area contributed by atoms with Crippen molar-refractivity contribution >= 4 is 39.3 Å². The smallest absolute Gasteiger partial charge is 0.287 e. The van der Waals surface area contributed by atoms with Crippen LogP contribution in [-0.2, 0) is 15.8 Å². The van der Waals surface area contributed by atoms with Crippen molar-refractivity contribution in [2.45, 2.75) is 18.6 Å². The first-order valence-electron chi connectivity index (χ1n) is 8.03. The molecule has 3 rings (SSSR count). The Kier molecular flexibility index (Phi) is 5.52. The van der Waals surface area contributed by atoms with Crippen molar-refractivity contribution in [3.05, 3.63) is 64.1 Å². The van der Waals surface area contributed by atoms with E-state index in [1.807, 2.05) is 0 Å². The largest absolute Gasteiger partial charge is 0.416 e. The topological polar surface area (TPSA) is 78.5 Å². The van der Waals surface area contributed by atoms with E-state index in [2.05, 4.69) is 26.8 Å². The predicted octanol–water partition coefficient (Wildman–Crippen LogP) is 3.03. The van der Waals surface area contributed by atoms with Gasteiger partial charge >= 0.3 is 6.18 Å². The molecule has 1 aliphatic heterocycles. The van der Waals surface area contributed by atoms with E-state index in [-0.39, 0.29) is 12.1 Å². The number of amides is 3. The van der Waals surface area contributed by atoms with Crippen molar-refractivity contribution in [1.29, 1.82) is 0 Å². The number of carbonyl (C=O) groups is 3. The van der Waals surface area contributed by atoms with E-state index in [0.717, 1.165) is 18.2 Å². The van der Waals surface area contributed by atoms with Crippen molar-refractivity contribution in [2.75, 3.05) is 4.90 Å². The minimum absolute atomic E-state index is 0.175. The highest BCUT2D eigenvalue weighted by molar-refractivity contribution is 9.10. The predicted molar refractivity (Wildman–Crippen MR) is 97.1 cm³/mol. The number of anilines is 1. The van der Waals surface area contributed by atoms with Gasteiger partial charge in [0, 0.05) is 4.47 Å². The quantitative estimate of drug-likeness (QED) is 0.548. The second kappa shape index (κ2) is 7.72. The van der Waals surface area contributed by atoms with Gasteiger partial charge in [0.15, 0.2) is 0 Å². The first kappa shape index (κ1) is 20.0. The van der Waals surface area contributed by atoms with Crippen LogP contribution in [0.1, 0.15) is 22.3 Å². The van der Waals surface area contributed by atoms with Gasteiger partial charge in [0.1, 0.15) is 6.04 Å². The molecule has 146 valence electrons. The lowest BCUT2D eigenvalue weighted by molar-refractivity contribution is -0.137. The summed E-state index contributed by atoms with van der Waals surface area (Å²) in [5.74, 6) is -1.96. The van der Waals surface area contributed by atoms with Crippen LogP contribution in [0.3, 0.4) is 0 Å². The third kappa shape index (κ3) is 4.07. The Balaban J connectivity index is 1.72. The molecule has 2 aromatic carbocycles. The van der Waals surface area contributed by atoms with Gasteiger partial charge in [0.05, 0.1) is 23.2 Å². The molecule has 0 spiro atoms. The normalized spacial score (nSPS) is 17.1. The molecule has 28 heavy (non-hydrogen) atoms. The lowest BCUT2D eigenvalue weighted by Crippen LogP contribution is -2.48. The summed E-state index contributed by atoms with van der Waals surface area (Å²) < 4.78 is 39.2. The van der Waals surface area contributed by atoms with Crippen LogP contribution >= 0.6 is 15.9 Å². The monoisotopic (exact) mass is 455 g/mol. The molecule has 1 aliphatic rings. The molecule has 0 saturated carbocycles. The molecule has 0 aliphatic carbocycles. The molecule has 3 amide bonds. The fourth-order valence-corrected chi connectivity index (χ4v) is 3.17. The molecule has 1 atom stereocenters. The zero-order valence-corrected chi connectivity index (χ0v) is 15.7. The van der Waals surface area contributed by atoms with Gasteiger partial charge < -0.3 is 0 Å². The van der Waals surface area contributed by atoms with E-state index in [0.29, 0.717) is 14.9 Å². The number of hydrogen-bond acceptors (Lipinski definition) is 4. The van der Waals surface area contributed by atoms with Gasteiger partial charge in [-0.05, 0) is 46.3 Å². The number of benzene rings is 2. The molecule has 0 aromatic heterocycles. The molecule has 0 unspecified atom stereocenters. The highest BCUT2D eigenvalue weighted by atomic mass is 79.9. The molecular formula is C18H13BrF3N3O3. The molecule has 1 heterocycles. The maximum absolute atomic E-state index is 12.9. The second-order valence-corrected chi connectivity index (χ2v) is 6.80. The molecule has 0 bridgehead atoms. The van der Waals surface area contributed by atoms with Gasteiger partial charge in [-0.3, -0.25) is 19.8 Å². The fourth-order valence-electron chi connectivity index (χ4n) is 2.70. The highest BCUT2D eigenvalue weighted by Crippen LogP contribution is 2.33. The van der Waals surface area contributed by atoms with Crippen LogP contribution in [0.15, 0.2) is 53.0 Å². The van der Waals surface area contributed by atoms with E-state index in [1.54, 1.807) is 24.3 Å². The average Bonchev–Trinajstić information content (AvgIpc) is 2.93. The van der Waals surface area contributed by atoms with Crippen molar-refractivity contribution in [2.24, 2.45) is 0 Å². The summed E-state index contributed by atoms with van der Waals surface area (Å²) in [6, 6.07) is 9.45. The number of carbonyl (C=O) groups excluding carboxylic acids is 3. The summed E-state index contributed by atoms with van der Waals surface area (Å²) in [5, 5.41) is 0. The molecule has 1 fully saturated rings. The van der Waals surface area contributed by atoms with Crippen molar-refractivity contribution in [3.8, 4) is 0 Å². The van der Waals surface area contributed by atoms with Crippen LogP contribution in [0.2, 0.25) is 0 Å². The van der Waals surface area contributed by atoms with Gasteiger partial charge in [0.25, 0.3) is 11.8 Å². The zero-order chi connectivity index (χ0) is 20.5. The van der Waals surface area contributed by atoms with Gasteiger partial charge in [-0.15, -0.1) is 0 Å². The van der Waals surface area contributed by atoms with E-state index in [4.69, 9.17) is 0 Å². The minimum Gasteiger partial charge on any atom is -0.287 e. The number of imide groups is 1. The Bertz CT molecular complexity index is 949. The van der Waals surface area contributed by atoms with Gasteiger partial charge in [-0.2, -0.15) is 13.2 Å². The Morgan fingerprint density at radius 1 is 1.11 bits per heavy atom. The van der Waals surface area contributed by atoms with Crippen LogP contribution < -0.4 is 15.8 Å². The van der Waals surface area contributed by atoms with Crippen molar-refractivity contribution < 1.29 is 27.6 Å². The molecule has 0 radical (unpaired) electrons. The Morgan fingerprint density at radius 2 is 1.82 bits per heavy atom. The molecule has 6 nitrogen and oxygen atoms in total. The summed E-state index contributed by atoms with van der Waals surface area (Å²) >= 11 is 3.22. The molecule has 2 aromatic rings. The third-order valence-electron chi connectivity index (χ3n) is 4.06. The Labute approximate surface area is 165 Å². The fraction of sp³-hybridized carbons (Fsp3) is 0.167. The summed E-state index contributed by atoms with van der Waals surface area (Å²) in [4.78, 5) is 37.5. The number of nitrogens with one attached hydrogen (secondary N) is 2. The number of hydrogen-bond donors (Lipinski definition) is 2. The summed E-state index contributed by atoms with van der Waals surface area (Å²) in [6.07, 6.45) is -4.90. The van der Waals surface area contributed by atoms with E-state index < -0.39 is 35.5 Å². The first-order valence-corrected chi connectivity index (χ1v) is 8.82. The van der Waals surface area contributed by atoms with Gasteiger partial charge in [0.2, 0.25) is 5.91 Å². The number of hydrazine groups is 1. The van der Waals surface area contributed by atoms with Crippen LogP contribution in [0, 0.1) is 0 Å². The number of nitrogens with zero attached hydrogens (tertiary/aromatic N) is 1. The molecule has 10 heteroatoms. The van der Waals surface area contributed by atoms with E-state index >= 15 is 0 Å². The third-order valence-corrected chi connectivity index (χ3v) is 4.75. The second-order valence-electron chi connectivity index (χ2n) is 5.95. The maximum Gasteiger partial charge on any atom is 0.416 e. The number of alkyl halides is 3. The lowest BCUT2D eigenvalue weighted by Gasteiger charge is -2.17. The molecule has 1 saturated heterocycles. The summed E-state index contributed by atoms with van der Waals surface area (Å²) in [5.41, 5.74) is 3.98. The number of halogens is 4. The lowest BCUT2D eigenvalue weighted by atomic mass is 10.2. The van der Waals surface area contributed by atoms with Crippen LogP contribution in [0.25, 0.3) is 0 Å². The van der Waals surface area contributed by atoms with Crippen LogP contribution in [0.4, 0.5) is 18.9 Å². The van der Waals surface area contributed by atoms with E-state index in [9.17, 15) is 27.6 Å². The van der Waals surface area contributed by atoms with E-state index in [1.165, 1.54) is 6.07 Å². The number of rotatable bonds is 4. The average molecular weight is 456 g/mol. The van der Waals surface area contributed by atoms with Gasteiger partial charge in [-0.25, -0.2) is 10.3 Å². The van der Waals surface area contributed by atoms with Crippen LogP contribution in [0.5, 0.6) is 0 Å². The van der Waals surface area contributed by atoms with Crippen LogP contribution in [-0.4, -0.2) is 23.8 Å². The van der Waals surface area contributed by atoms with Crippen molar-refractivity contribution in [3.63, 3.8) is 0 Å². The maximum atomic E-state index is 12.9. The first-order chi connectivity index (χ1) is 13.2. The Hall–Kier alpha value is -2.72. The Morgan fingerprint density at radius 3 is 2.50 bits per heavy atom. The standard InChI is InChI=1S/C18H13BrF3N3O3/c19-13-7-2-1-6-12(13)16(27)24-23-14-9-15(26)25(17(14)28)11-5-3-4-10(8-11)18(20,21)22/h1-8,14,23H,9H2,(H,24,27)/t14-/m0/s1. The summed E-state index contributed by atoms with van der Waals surface area (Å²) in [6.45, 7) is 0. The molecular weight excluding hydrogens is 443 g/mol. The highest BCUT2D eigenvalue weighted by Gasteiger charge is 2.40.